The summed E-state index contributed by atoms with van der Waals surface area (Å²) >= 11 is 0. The van der Waals surface area contributed by atoms with E-state index < -0.39 is 11.6 Å². The number of aryl methyl sites for hydroxylation is 1. The first-order valence-electron chi connectivity index (χ1n) is 14.5. The minimum atomic E-state index is -0.631. The molecular weight excluding hydrogens is 422 g/mol. The van der Waals surface area contributed by atoms with Crippen LogP contribution in [0.3, 0.4) is 0 Å². The Morgan fingerprint density at radius 2 is 1.35 bits per heavy atom. The highest BCUT2D eigenvalue weighted by molar-refractivity contribution is 5.85. The summed E-state index contributed by atoms with van der Waals surface area (Å²) < 4.78 is 30.3. The summed E-state index contributed by atoms with van der Waals surface area (Å²) in [6, 6.07) is 7.95. The van der Waals surface area contributed by atoms with E-state index in [1.807, 2.05) is 18.2 Å². The highest BCUT2D eigenvalue weighted by Crippen LogP contribution is 2.45. The van der Waals surface area contributed by atoms with Crippen LogP contribution in [0.5, 0.6) is 0 Å². The van der Waals surface area contributed by atoms with Gasteiger partial charge in [0.05, 0.1) is 0 Å². The van der Waals surface area contributed by atoms with E-state index in [0.29, 0.717) is 10.9 Å². The van der Waals surface area contributed by atoms with Crippen LogP contribution in [0.2, 0.25) is 0 Å². The molecule has 0 saturated heterocycles. The van der Waals surface area contributed by atoms with Crippen molar-refractivity contribution in [1.29, 1.82) is 0 Å². The molecule has 0 spiro atoms. The molecule has 0 radical (unpaired) electrons. The number of fused-ring (bicyclic) bond motifs is 1. The molecule has 0 N–H and O–H groups in total. The standard InChI is InChI=1S/C32H46F2/c1-3-5-7-9-23-11-14-25(15-12-23)26-17-19-27(20-18-26)30-22-28-16-13-24(10-8-6-4-2)21-29(28)31(33)32(30)34/h13,16,21-23,25-27H,3-12,14-15,17-20H2,1-2H3. The Kier molecular flexibility index (Phi) is 9.43. The highest BCUT2D eigenvalue weighted by atomic mass is 19.2. The molecule has 2 saturated carbocycles. The molecule has 2 aliphatic carbocycles. The van der Waals surface area contributed by atoms with Crippen LogP contribution in [-0.2, 0) is 6.42 Å². The van der Waals surface area contributed by atoms with E-state index in [2.05, 4.69) is 19.9 Å². The molecule has 34 heavy (non-hydrogen) atoms. The van der Waals surface area contributed by atoms with Crippen molar-refractivity contribution in [2.45, 2.75) is 122 Å². The van der Waals surface area contributed by atoms with Crippen molar-refractivity contribution in [2.75, 3.05) is 0 Å². The minimum Gasteiger partial charge on any atom is -0.203 e. The summed E-state index contributed by atoms with van der Waals surface area (Å²) in [6.07, 6.45) is 20.0. The number of hydrogen-bond donors (Lipinski definition) is 0. The molecule has 0 heterocycles. The zero-order chi connectivity index (χ0) is 23.9. The van der Waals surface area contributed by atoms with Crippen LogP contribution in [0.15, 0.2) is 24.3 Å². The predicted molar refractivity (Wildman–Crippen MR) is 141 cm³/mol. The first kappa shape index (κ1) is 25.6. The second-order valence-corrected chi connectivity index (χ2v) is 11.5. The molecular formula is C32H46F2. The van der Waals surface area contributed by atoms with Gasteiger partial charge in [-0.25, -0.2) is 8.78 Å². The van der Waals surface area contributed by atoms with E-state index >= 15 is 8.78 Å². The molecule has 2 aliphatic rings. The van der Waals surface area contributed by atoms with Gasteiger partial charge >= 0.3 is 0 Å². The Bertz CT molecular complexity index is 901. The van der Waals surface area contributed by atoms with Crippen LogP contribution in [0.4, 0.5) is 8.78 Å². The second kappa shape index (κ2) is 12.5. The van der Waals surface area contributed by atoms with Crippen molar-refractivity contribution in [3.05, 3.63) is 47.0 Å². The molecule has 0 bridgehead atoms. The highest BCUT2D eigenvalue weighted by Gasteiger charge is 2.32. The molecule has 2 aromatic rings. The molecule has 2 aromatic carbocycles. The van der Waals surface area contributed by atoms with Crippen molar-refractivity contribution in [1.82, 2.24) is 0 Å². The number of unbranched alkanes of at least 4 members (excludes halogenated alkanes) is 4. The van der Waals surface area contributed by atoms with Gasteiger partial charge in [-0.1, -0.05) is 77.3 Å². The van der Waals surface area contributed by atoms with E-state index in [1.54, 1.807) is 0 Å². The fourth-order valence-corrected chi connectivity index (χ4v) is 6.96. The summed E-state index contributed by atoms with van der Waals surface area (Å²) in [6.45, 7) is 4.47. The van der Waals surface area contributed by atoms with Gasteiger partial charge in [0.1, 0.15) is 0 Å². The molecule has 0 nitrogen and oxygen atoms in total. The van der Waals surface area contributed by atoms with Gasteiger partial charge in [0, 0.05) is 5.39 Å². The first-order valence-corrected chi connectivity index (χ1v) is 14.5. The van der Waals surface area contributed by atoms with Crippen molar-refractivity contribution in [3.8, 4) is 0 Å². The lowest BCUT2D eigenvalue weighted by Gasteiger charge is -2.38. The van der Waals surface area contributed by atoms with Crippen molar-refractivity contribution in [3.63, 3.8) is 0 Å². The van der Waals surface area contributed by atoms with Crippen LogP contribution >= 0.6 is 0 Å². The van der Waals surface area contributed by atoms with Gasteiger partial charge in [-0.3, -0.25) is 0 Å². The SMILES string of the molecule is CCCCCc1ccc2cc(C3CCC(C4CCC(CCCCC)CC4)CC3)c(F)c(F)c2c1. The van der Waals surface area contributed by atoms with Gasteiger partial charge < -0.3 is 0 Å². The van der Waals surface area contributed by atoms with Gasteiger partial charge in [0.15, 0.2) is 11.6 Å². The van der Waals surface area contributed by atoms with Gasteiger partial charge in [0.2, 0.25) is 0 Å². The van der Waals surface area contributed by atoms with Gasteiger partial charge in [-0.15, -0.1) is 0 Å². The number of benzene rings is 2. The Labute approximate surface area is 206 Å². The van der Waals surface area contributed by atoms with Crippen LogP contribution in [0, 0.1) is 29.4 Å². The Hall–Kier alpha value is -1.44. The maximum Gasteiger partial charge on any atom is 0.166 e. The molecule has 0 unspecified atom stereocenters. The Balaban J connectivity index is 1.35. The maximum absolute atomic E-state index is 15.2. The van der Waals surface area contributed by atoms with Crippen LogP contribution in [0.25, 0.3) is 10.8 Å². The zero-order valence-corrected chi connectivity index (χ0v) is 21.7. The van der Waals surface area contributed by atoms with Crippen LogP contribution < -0.4 is 0 Å². The van der Waals surface area contributed by atoms with E-state index in [0.717, 1.165) is 54.4 Å². The average Bonchev–Trinajstić information content (AvgIpc) is 2.87. The van der Waals surface area contributed by atoms with Crippen LogP contribution in [-0.4, -0.2) is 0 Å². The average molecular weight is 469 g/mol. The van der Waals surface area contributed by atoms with E-state index in [1.165, 1.54) is 77.0 Å². The molecule has 0 amide bonds. The Morgan fingerprint density at radius 1 is 0.706 bits per heavy atom. The quantitative estimate of drug-likeness (QED) is 0.304. The third-order valence-corrected chi connectivity index (χ3v) is 9.17. The van der Waals surface area contributed by atoms with Crippen molar-refractivity contribution < 1.29 is 8.78 Å². The van der Waals surface area contributed by atoms with E-state index in [4.69, 9.17) is 0 Å². The fraction of sp³-hybridized carbons (Fsp3) is 0.688. The smallest absolute Gasteiger partial charge is 0.166 e. The lowest BCUT2D eigenvalue weighted by atomic mass is 9.68. The van der Waals surface area contributed by atoms with Gasteiger partial charge in [-0.05, 0) is 104 Å². The topological polar surface area (TPSA) is 0 Å². The molecule has 0 aromatic heterocycles. The second-order valence-electron chi connectivity index (χ2n) is 11.5. The number of rotatable bonds is 10. The van der Waals surface area contributed by atoms with Gasteiger partial charge in [-0.2, -0.15) is 0 Å². The van der Waals surface area contributed by atoms with Crippen molar-refractivity contribution in [2.24, 2.45) is 17.8 Å². The first-order chi connectivity index (χ1) is 16.6. The third kappa shape index (κ3) is 6.21. The maximum atomic E-state index is 15.2. The third-order valence-electron chi connectivity index (χ3n) is 9.17. The molecule has 2 heteroatoms. The van der Waals surface area contributed by atoms with Crippen molar-refractivity contribution >= 4 is 10.8 Å². The molecule has 188 valence electrons. The number of halogens is 2. The van der Waals surface area contributed by atoms with E-state index in [-0.39, 0.29) is 5.92 Å². The van der Waals surface area contributed by atoms with E-state index in [9.17, 15) is 0 Å². The predicted octanol–water partition coefficient (Wildman–Crippen LogP) is 10.5. The lowest BCUT2D eigenvalue weighted by molar-refractivity contribution is 0.155. The normalized spacial score (nSPS) is 25.6. The largest absolute Gasteiger partial charge is 0.203 e. The molecule has 0 aliphatic heterocycles. The number of hydrogen-bond acceptors (Lipinski definition) is 0. The molecule has 0 atom stereocenters. The monoisotopic (exact) mass is 468 g/mol. The molecule has 2 fully saturated rings. The molecule has 4 rings (SSSR count). The van der Waals surface area contributed by atoms with Gasteiger partial charge in [0.25, 0.3) is 0 Å². The summed E-state index contributed by atoms with van der Waals surface area (Å²) in [5.41, 5.74) is 1.74. The summed E-state index contributed by atoms with van der Waals surface area (Å²) in [5.74, 6) is 1.58. The summed E-state index contributed by atoms with van der Waals surface area (Å²) in [5, 5.41) is 1.32. The lowest BCUT2D eigenvalue weighted by Crippen LogP contribution is -2.25. The summed E-state index contributed by atoms with van der Waals surface area (Å²) in [4.78, 5) is 0. The zero-order valence-electron chi connectivity index (χ0n) is 21.7. The van der Waals surface area contributed by atoms with Crippen LogP contribution in [0.1, 0.15) is 127 Å². The Morgan fingerprint density at radius 3 is 2.03 bits per heavy atom. The summed E-state index contributed by atoms with van der Waals surface area (Å²) in [7, 11) is 0. The minimum absolute atomic E-state index is 0.171. The fourth-order valence-electron chi connectivity index (χ4n) is 6.96.